The Bertz CT molecular complexity index is 1080. The summed E-state index contributed by atoms with van der Waals surface area (Å²) in [6.07, 6.45) is 18.7. The number of aryl methyl sites for hydroxylation is 2. The van der Waals surface area contributed by atoms with Gasteiger partial charge in [-0.15, -0.1) is 0 Å². The van der Waals surface area contributed by atoms with Crippen LogP contribution in [-0.2, 0) is 12.8 Å². The van der Waals surface area contributed by atoms with E-state index >= 15 is 0 Å². The highest BCUT2D eigenvalue weighted by atomic mass is 19.1. The minimum absolute atomic E-state index is 0.210. The molecule has 4 nitrogen and oxygen atoms in total. The number of carbonyl (C=O) groups excluding carboxylic acids is 1. The summed E-state index contributed by atoms with van der Waals surface area (Å²) in [4.78, 5) is 21.6. The topological polar surface area (TPSA) is 52.1 Å². The van der Waals surface area contributed by atoms with Gasteiger partial charge in [0.1, 0.15) is 11.6 Å². The fourth-order valence-electron chi connectivity index (χ4n) is 4.38. The van der Waals surface area contributed by atoms with Crippen LogP contribution in [0.4, 0.5) is 4.39 Å². The van der Waals surface area contributed by atoms with Gasteiger partial charge in [0.05, 0.1) is 5.56 Å². The van der Waals surface area contributed by atoms with Gasteiger partial charge in [0.2, 0.25) is 0 Å². The molecule has 3 rings (SSSR count). The van der Waals surface area contributed by atoms with Crippen molar-refractivity contribution in [3.63, 3.8) is 0 Å². The van der Waals surface area contributed by atoms with Gasteiger partial charge in [-0.25, -0.2) is 19.2 Å². The monoisotopic (exact) mass is 504 g/mol. The smallest absolute Gasteiger partial charge is 0.343 e. The number of rotatable bonds is 16. The van der Waals surface area contributed by atoms with Crippen LogP contribution in [0.15, 0.2) is 54.9 Å². The summed E-state index contributed by atoms with van der Waals surface area (Å²) >= 11 is 0. The summed E-state index contributed by atoms with van der Waals surface area (Å²) < 4.78 is 20.0. The van der Waals surface area contributed by atoms with Crippen LogP contribution in [0.2, 0.25) is 0 Å². The van der Waals surface area contributed by atoms with E-state index in [0.29, 0.717) is 23.6 Å². The quantitative estimate of drug-likeness (QED) is 0.111. The first-order valence-corrected chi connectivity index (χ1v) is 14.0. The first kappa shape index (κ1) is 28.5. The van der Waals surface area contributed by atoms with E-state index in [1.165, 1.54) is 57.4 Å². The van der Waals surface area contributed by atoms with E-state index < -0.39 is 5.97 Å². The zero-order chi connectivity index (χ0) is 26.3. The molecule has 0 N–H and O–H groups in total. The second-order valence-corrected chi connectivity index (χ2v) is 9.82. The predicted molar refractivity (Wildman–Crippen MR) is 148 cm³/mol. The normalized spacial score (nSPS) is 11.0. The first-order chi connectivity index (χ1) is 18.1. The number of hydrogen-bond acceptors (Lipinski definition) is 4. The molecule has 1 heterocycles. The van der Waals surface area contributed by atoms with E-state index in [1.807, 2.05) is 24.5 Å². The number of nitrogens with zero attached hydrogens (tertiary/aromatic N) is 2. The second-order valence-electron chi connectivity index (χ2n) is 9.82. The van der Waals surface area contributed by atoms with E-state index in [9.17, 15) is 9.18 Å². The van der Waals surface area contributed by atoms with Gasteiger partial charge in [-0.1, -0.05) is 77.7 Å². The lowest BCUT2D eigenvalue weighted by Crippen LogP contribution is -2.09. The highest BCUT2D eigenvalue weighted by Gasteiger charge is 2.13. The van der Waals surface area contributed by atoms with Gasteiger partial charge in [0.15, 0.2) is 5.82 Å². The van der Waals surface area contributed by atoms with Gasteiger partial charge in [-0.2, -0.15) is 0 Å². The molecular weight excluding hydrogens is 463 g/mol. The van der Waals surface area contributed by atoms with Crippen LogP contribution in [-0.4, -0.2) is 15.9 Å². The lowest BCUT2D eigenvalue weighted by atomic mass is 10.0. The van der Waals surface area contributed by atoms with Gasteiger partial charge in [0, 0.05) is 18.0 Å². The number of hydrogen-bond donors (Lipinski definition) is 0. The van der Waals surface area contributed by atoms with Gasteiger partial charge in [-0.3, -0.25) is 0 Å². The maximum Gasteiger partial charge on any atom is 0.343 e. The third kappa shape index (κ3) is 9.71. The molecule has 0 aliphatic carbocycles. The summed E-state index contributed by atoms with van der Waals surface area (Å²) in [6.45, 7) is 4.42. The standard InChI is InChI=1S/C32H41FN2O2/c1-3-5-7-9-11-13-15-26-16-17-28(22-30(26)33)32(36)37-29-20-18-27(19-21-29)31-34-23-25(24-35-31)14-12-10-8-6-4-2/h16-24H,3-15H2,1-2H3. The number of aromatic nitrogens is 2. The van der Waals surface area contributed by atoms with Crippen LogP contribution >= 0.6 is 0 Å². The molecule has 0 saturated carbocycles. The third-order valence-corrected chi connectivity index (χ3v) is 6.69. The van der Waals surface area contributed by atoms with Crippen molar-refractivity contribution in [1.29, 1.82) is 0 Å². The molecule has 5 heteroatoms. The number of unbranched alkanes of at least 4 members (excludes halogenated alkanes) is 9. The Hall–Kier alpha value is -3.08. The van der Waals surface area contributed by atoms with Crippen molar-refractivity contribution in [2.24, 2.45) is 0 Å². The number of esters is 1. The van der Waals surface area contributed by atoms with Crippen LogP contribution in [0.3, 0.4) is 0 Å². The van der Waals surface area contributed by atoms with Crippen LogP contribution in [0.5, 0.6) is 5.75 Å². The zero-order valence-corrected chi connectivity index (χ0v) is 22.5. The van der Waals surface area contributed by atoms with Crippen LogP contribution in [0.25, 0.3) is 11.4 Å². The highest BCUT2D eigenvalue weighted by Crippen LogP contribution is 2.21. The van der Waals surface area contributed by atoms with Crippen molar-refractivity contribution in [2.45, 2.75) is 97.3 Å². The molecule has 37 heavy (non-hydrogen) atoms. The SMILES string of the molecule is CCCCCCCCc1ccc(C(=O)Oc2ccc(-c3ncc(CCCCCCC)cn3)cc2)cc1F. The minimum Gasteiger partial charge on any atom is -0.423 e. The van der Waals surface area contributed by atoms with Crippen molar-refractivity contribution in [1.82, 2.24) is 9.97 Å². The Morgan fingerprint density at radius 2 is 1.35 bits per heavy atom. The molecule has 2 aromatic carbocycles. The summed E-state index contributed by atoms with van der Waals surface area (Å²) in [7, 11) is 0. The molecule has 0 radical (unpaired) electrons. The van der Waals surface area contributed by atoms with Crippen molar-refractivity contribution in [3.8, 4) is 17.1 Å². The molecule has 0 unspecified atom stereocenters. The summed E-state index contributed by atoms with van der Waals surface area (Å²) in [5.41, 5.74) is 2.86. The summed E-state index contributed by atoms with van der Waals surface area (Å²) in [5, 5.41) is 0. The fraction of sp³-hybridized carbons (Fsp3) is 0.469. The number of halogens is 1. The molecule has 3 aromatic rings. The average Bonchev–Trinajstić information content (AvgIpc) is 2.92. The maximum absolute atomic E-state index is 14.5. The van der Waals surface area contributed by atoms with E-state index in [0.717, 1.165) is 36.8 Å². The Morgan fingerprint density at radius 3 is 1.97 bits per heavy atom. The van der Waals surface area contributed by atoms with Crippen molar-refractivity contribution >= 4 is 5.97 Å². The Kier molecular flexibility index (Phi) is 12.2. The van der Waals surface area contributed by atoms with Crippen molar-refractivity contribution < 1.29 is 13.9 Å². The Labute approximate surface area is 221 Å². The number of carbonyl (C=O) groups is 1. The summed E-state index contributed by atoms with van der Waals surface area (Å²) in [6, 6.07) is 11.7. The second kappa shape index (κ2) is 15.9. The molecule has 0 amide bonds. The van der Waals surface area contributed by atoms with Gasteiger partial charge < -0.3 is 4.74 Å². The minimum atomic E-state index is -0.572. The van der Waals surface area contributed by atoms with Crippen LogP contribution < -0.4 is 4.74 Å². The molecule has 0 aliphatic rings. The zero-order valence-electron chi connectivity index (χ0n) is 22.5. The molecule has 0 aliphatic heterocycles. The molecule has 0 spiro atoms. The molecule has 198 valence electrons. The number of benzene rings is 2. The predicted octanol–water partition coefficient (Wildman–Crippen LogP) is 8.92. The van der Waals surface area contributed by atoms with E-state index in [1.54, 1.807) is 24.3 Å². The first-order valence-electron chi connectivity index (χ1n) is 14.0. The lowest BCUT2D eigenvalue weighted by Gasteiger charge is -2.08. The van der Waals surface area contributed by atoms with Crippen molar-refractivity contribution in [3.05, 3.63) is 77.4 Å². The fourth-order valence-corrected chi connectivity index (χ4v) is 4.38. The van der Waals surface area contributed by atoms with E-state index in [2.05, 4.69) is 23.8 Å². The molecular formula is C32H41FN2O2. The summed E-state index contributed by atoms with van der Waals surface area (Å²) in [5.74, 6) is 0.113. The van der Waals surface area contributed by atoms with E-state index in [4.69, 9.17) is 4.74 Å². The van der Waals surface area contributed by atoms with Gasteiger partial charge in [0.25, 0.3) is 0 Å². The number of ether oxygens (including phenoxy) is 1. The Morgan fingerprint density at radius 1 is 0.757 bits per heavy atom. The molecule has 1 aromatic heterocycles. The molecule has 0 atom stereocenters. The Balaban J connectivity index is 1.48. The molecule has 0 fully saturated rings. The average molecular weight is 505 g/mol. The van der Waals surface area contributed by atoms with Crippen LogP contribution in [0, 0.1) is 5.82 Å². The van der Waals surface area contributed by atoms with Crippen molar-refractivity contribution in [2.75, 3.05) is 0 Å². The third-order valence-electron chi connectivity index (χ3n) is 6.69. The molecule has 0 saturated heterocycles. The van der Waals surface area contributed by atoms with Gasteiger partial charge >= 0.3 is 5.97 Å². The highest BCUT2D eigenvalue weighted by molar-refractivity contribution is 5.91. The van der Waals surface area contributed by atoms with Gasteiger partial charge in [-0.05, 0) is 73.2 Å². The van der Waals surface area contributed by atoms with E-state index in [-0.39, 0.29) is 11.4 Å². The maximum atomic E-state index is 14.5. The van der Waals surface area contributed by atoms with Crippen LogP contribution in [0.1, 0.15) is 106 Å². The largest absolute Gasteiger partial charge is 0.423 e. The lowest BCUT2D eigenvalue weighted by molar-refractivity contribution is 0.0734. The molecule has 0 bridgehead atoms.